The summed E-state index contributed by atoms with van der Waals surface area (Å²) in [4.78, 5) is 0. The van der Waals surface area contributed by atoms with Gasteiger partial charge in [-0.05, 0) is 11.8 Å². The zero-order valence-electron chi connectivity index (χ0n) is 12.1. The summed E-state index contributed by atoms with van der Waals surface area (Å²) in [6.45, 7) is 14.0. The maximum absolute atomic E-state index is 4.61. The Labute approximate surface area is 113 Å². The molecule has 18 heavy (non-hydrogen) atoms. The van der Waals surface area contributed by atoms with Crippen molar-refractivity contribution in [2.45, 2.75) is 38.9 Å². The van der Waals surface area contributed by atoms with E-state index in [0.717, 1.165) is 0 Å². The lowest BCUT2D eigenvalue weighted by molar-refractivity contribution is 1.19. The van der Waals surface area contributed by atoms with Crippen LogP contribution in [-0.2, 0) is 0 Å². The summed E-state index contributed by atoms with van der Waals surface area (Å²) >= 11 is 0. The third kappa shape index (κ3) is 4.19. The molecule has 0 aliphatic rings. The molecule has 0 aliphatic heterocycles. The van der Waals surface area contributed by atoms with Gasteiger partial charge in [0, 0.05) is 0 Å². The monoisotopic (exact) mass is 261 g/mol. The molecule has 1 aromatic carbocycles. The van der Waals surface area contributed by atoms with Crippen LogP contribution in [0.1, 0.15) is 26.3 Å². The van der Waals surface area contributed by atoms with Gasteiger partial charge in [0.15, 0.2) is 0 Å². The lowest BCUT2D eigenvalue weighted by Crippen LogP contribution is -2.45. The van der Waals surface area contributed by atoms with Crippen molar-refractivity contribution < 1.29 is 0 Å². The molecule has 0 aliphatic carbocycles. The summed E-state index contributed by atoms with van der Waals surface area (Å²) in [5.74, 6) is 0. The van der Waals surface area contributed by atoms with Crippen LogP contribution in [0.4, 0.5) is 0 Å². The average Bonchev–Trinajstić information content (AvgIpc) is 2.43. The van der Waals surface area contributed by atoms with Crippen LogP contribution in [0, 0.1) is 0 Å². The molecule has 0 bridgehead atoms. The molecule has 0 amide bonds. The number of hydrogen-bond donors (Lipinski definition) is 1. The quantitative estimate of drug-likeness (QED) is 0.792. The van der Waals surface area contributed by atoms with E-state index in [1.54, 1.807) is 5.19 Å². The number of benzene rings is 1. The van der Waals surface area contributed by atoms with E-state index in [9.17, 15) is 0 Å². The molecule has 0 radical (unpaired) electrons. The lowest BCUT2D eigenvalue weighted by atomic mass is 10.2. The first-order valence-electron chi connectivity index (χ1n) is 6.69. The molecule has 1 nitrogen and oxygen atoms in total. The van der Waals surface area contributed by atoms with Crippen molar-refractivity contribution in [3.8, 4) is 0 Å². The van der Waals surface area contributed by atoms with E-state index >= 15 is 0 Å². The van der Waals surface area contributed by atoms with Crippen LogP contribution in [0.2, 0.25) is 18.1 Å². The Morgan fingerprint density at radius 3 is 1.67 bits per heavy atom. The second kappa shape index (κ2) is 8.76. The molecule has 0 atom stereocenters. The third-order valence-electron chi connectivity index (χ3n) is 3.79. The fraction of sp³-hybridized carbons (Fsp3) is 0.375. The molecule has 0 aromatic heterocycles. The van der Waals surface area contributed by atoms with Gasteiger partial charge in [-0.15, -0.1) is 0 Å². The number of nitrogens with two attached hydrogens (primary N) is 1. The molecular formula is C16H27NSi. The van der Waals surface area contributed by atoms with Gasteiger partial charge in [0.05, 0.1) is 8.07 Å². The minimum Gasteiger partial charge on any atom is -0.405 e. The van der Waals surface area contributed by atoms with Crippen molar-refractivity contribution in [1.82, 2.24) is 0 Å². The summed E-state index contributed by atoms with van der Waals surface area (Å²) in [5.41, 5.74) is 5.84. The highest BCUT2D eigenvalue weighted by Crippen LogP contribution is 2.20. The third-order valence-corrected chi connectivity index (χ3v) is 9.41. The molecule has 2 N–H and O–H groups in total. The van der Waals surface area contributed by atoms with E-state index < -0.39 is 8.07 Å². The minimum absolute atomic E-state index is 1.16. The Bertz CT molecular complexity index is 342. The molecule has 1 aromatic rings. The Balaban J connectivity index is 0.000000873. The largest absolute Gasteiger partial charge is 0.405 e. The normalized spacial score (nSPS) is 10.2. The predicted molar refractivity (Wildman–Crippen MR) is 87.7 cm³/mol. The predicted octanol–water partition coefficient (Wildman–Crippen LogP) is 4.13. The smallest absolute Gasteiger partial charge is 0.0859 e. The maximum Gasteiger partial charge on any atom is 0.0859 e. The van der Waals surface area contributed by atoms with E-state index in [1.165, 1.54) is 29.9 Å². The van der Waals surface area contributed by atoms with Crippen LogP contribution >= 0.6 is 0 Å². The second-order valence-corrected chi connectivity index (χ2v) is 9.66. The summed E-state index contributed by atoms with van der Waals surface area (Å²) in [6.07, 6.45) is 3.16. The Hall–Kier alpha value is -1.28. The Morgan fingerprint density at radius 2 is 1.39 bits per heavy atom. The highest BCUT2D eigenvalue weighted by atomic mass is 28.3. The first kappa shape index (κ1) is 16.7. The Kier molecular flexibility index (Phi) is 8.13. The van der Waals surface area contributed by atoms with E-state index in [0.29, 0.717) is 0 Å². The molecule has 1 rings (SSSR count). The summed E-state index contributed by atoms with van der Waals surface area (Å²) in [7, 11) is -1.16. The van der Waals surface area contributed by atoms with Gasteiger partial charge in [0.1, 0.15) is 0 Å². The standard InChI is InChI=1S/C14H22Si.C2H5N/c1-5-13-9-11-14(12-10-13)15(6-2,7-3)8-4;1-2-3/h5,9-12H,1,6-8H2,2-4H3;2H,1,3H2. The molecular weight excluding hydrogens is 234 g/mol. The van der Waals surface area contributed by atoms with Crippen LogP contribution in [0.25, 0.3) is 6.08 Å². The zero-order chi connectivity index (χ0) is 14.0. The van der Waals surface area contributed by atoms with Crippen molar-refractivity contribution in [3.05, 3.63) is 49.2 Å². The molecule has 0 heterocycles. The van der Waals surface area contributed by atoms with Gasteiger partial charge in [-0.3, -0.25) is 0 Å². The summed E-state index contributed by atoms with van der Waals surface area (Å²) in [6, 6.07) is 13.1. The highest BCUT2D eigenvalue weighted by molar-refractivity contribution is 6.91. The van der Waals surface area contributed by atoms with Crippen LogP contribution in [0.15, 0.2) is 43.6 Å². The first-order valence-corrected chi connectivity index (χ1v) is 9.31. The summed E-state index contributed by atoms with van der Waals surface area (Å²) < 4.78 is 0. The zero-order valence-corrected chi connectivity index (χ0v) is 13.1. The lowest BCUT2D eigenvalue weighted by Gasteiger charge is -2.28. The highest BCUT2D eigenvalue weighted by Gasteiger charge is 2.28. The summed E-state index contributed by atoms with van der Waals surface area (Å²) in [5, 5.41) is 1.61. The second-order valence-electron chi connectivity index (χ2n) is 4.40. The fourth-order valence-corrected chi connectivity index (χ4v) is 5.93. The molecule has 0 spiro atoms. The molecule has 100 valence electrons. The van der Waals surface area contributed by atoms with Gasteiger partial charge >= 0.3 is 0 Å². The first-order chi connectivity index (χ1) is 8.63. The topological polar surface area (TPSA) is 26.0 Å². The van der Waals surface area contributed by atoms with E-state index in [4.69, 9.17) is 0 Å². The number of hydrogen-bond acceptors (Lipinski definition) is 1. The van der Waals surface area contributed by atoms with Gasteiger partial charge in [0.25, 0.3) is 0 Å². The van der Waals surface area contributed by atoms with Crippen molar-refractivity contribution in [3.63, 3.8) is 0 Å². The van der Waals surface area contributed by atoms with Gasteiger partial charge in [-0.2, -0.15) is 0 Å². The van der Waals surface area contributed by atoms with Crippen molar-refractivity contribution in [2.24, 2.45) is 5.73 Å². The number of rotatable bonds is 5. The maximum atomic E-state index is 4.61. The fourth-order valence-electron chi connectivity index (χ4n) is 2.34. The van der Waals surface area contributed by atoms with Gasteiger partial charge < -0.3 is 5.73 Å². The van der Waals surface area contributed by atoms with E-state index in [-0.39, 0.29) is 0 Å². The van der Waals surface area contributed by atoms with E-state index in [1.807, 2.05) is 6.08 Å². The minimum atomic E-state index is -1.16. The Morgan fingerprint density at radius 1 is 1.00 bits per heavy atom. The molecule has 2 heteroatoms. The molecule has 0 saturated carbocycles. The van der Waals surface area contributed by atoms with Crippen LogP contribution in [0.5, 0.6) is 0 Å². The van der Waals surface area contributed by atoms with Gasteiger partial charge in [0.2, 0.25) is 0 Å². The van der Waals surface area contributed by atoms with Crippen LogP contribution < -0.4 is 10.9 Å². The van der Waals surface area contributed by atoms with Crippen LogP contribution in [0.3, 0.4) is 0 Å². The van der Waals surface area contributed by atoms with Gasteiger partial charge in [-0.1, -0.05) is 87.6 Å². The molecule has 0 saturated heterocycles. The van der Waals surface area contributed by atoms with Crippen molar-refractivity contribution in [1.29, 1.82) is 0 Å². The van der Waals surface area contributed by atoms with E-state index in [2.05, 4.69) is 63.9 Å². The van der Waals surface area contributed by atoms with Crippen molar-refractivity contribution >= 4 is 19.3 Å². The van der Waals surface area contributed by atoms with Crippen molar-refractivity contribution in [2.75, 3.05) is 0 Å². The van der Waals surface area contributed by atoms with Crippen LogP contribution in [-0.4, -0.2) is 8.07 Å². The SMILES string of the molecule is C=CN.C=Cc1ccc([Si](CC)(CC)CC)cc1. The average molecular weight is 261 g/mol. The molecule has 0 fully saturated rings. The molecule has 0 unspecified atom stereocenters. The van der Waals surface area contributed by atoms with Gasteiger partial charge in [-0.25, -0.2) is 0 Å².